The number of carboxylic acid groups (broad SMARTS) is 1. The van der Waals surface area contributed by atoms with Gasteiger partial charge in [-0.3, -0.25) is 0 Å². The number of carbonyl (C=O) groups is 1. The van der Waals surface area contributed by atoms with Crippen LogP contribution in [-0.4, -0.2) is 23.6 Å². The predicted octanol–water partition coefficient (Wildman–Crippen LogP) is 2.37. The Morgan fingerprint density at radius 3 is 2.92 bits per heavy atom. The van der Waals surface area contributed by atoms with Crippen LogP contribution in [0.15, 0.2) is 6.07 Å². The number of aryl methyl sites for hydroxylation is 1. The number of hydrogen-bond donors (Lipinski definition) is 1. The molecule has 5 heteroatoms. The summed E-state index contributed by atoms with van der Waals surface area (Å²) < 4.78 is 5.19. The zero-order valence-electron chi connectivity index (χ0n) is 7.04. The fourth-order valence-corrected chi connectivity index (χ4v) is 1.84. The summed E-state index contributed by atoms with van der Waals surface area (Å²) in [6, 6.07) is 1.71. The van der Waals surface area contributed by atoms with Crippen molar-refractivity contribution < 1.29 is 14.6 Å². The lowest BCUT2D eigenvalue weighted by Gasteiger charge is -1.96. The summed E-state index contributed by atoms with van der Waals surface area (Å²) in [5, 5.41) is 9.34. The number of thiophene rings is 1. The third-order valence-electron chi connectivity index (χ3n) is 1.41. The molecule has 0 aliphatic rings. The molecule has 0 aromatic carbocycles. The minimum atomic E-state index is -0.914. The highest BCUT2D eigenvalue weighted by Gasteiger charge is 2.12. The van der Waals surface area contributed by atoms with Crippen LogP contribution >= 0.6 is 22.9 Å². The third-order valence-corrected chi connectivity index (χ3v) is 2.70. The summed E-state index contributed by atoms with van der Waals surface area (Å²) in [4.78, 5) is 11.0. The van der Waals surface area contributed by atoms with E-state index in [1.54, 1.807) is 13.0 Å². The van der Waals surface area contributed by atoms with Crippen LogP contribution < -0.4 is 4.74 Å². The number of rotatable bonds is 4. The molecule has 1 aromatic heterocycles. The van der Waals surface area contributed by atoms with Crippen LogP contribution in [0.2, 0.25) is 0 Å². The molecular weight excluding hydrogens is 212 g/mol. The Bertz CT molecular complexity index is 308. The van der Waals surface area contributed by atoms with Crippen molar-refractivity contribution in [3.63, 3.8) is 0 Å². The van der Waals surface area contributed by atoms with E-state index in [4.69, 9.17) is 21.4 Å². The van der Waals surface area contributed by atoms with Crippen LogP contribution in [0.25, 0.3) is 0 Å². The van der Waals surface area contributed by atoms with E-state index in [2.05, 4.69) is 0 Å². The Hall–Kier alpha value is -0.740. The maximum atomic E-state index is 10.6. The molecule has 0 aliphatic heterocycles. The lowest BCUT2D eigenvalue weighted by Crippen LogP contribution is -1.95. The van der Waals surface area contributed by atoms with E-state index >= 15 is 0 Å². The van der Waals surface area contributed by atoms with Crippen molar-refractivity contribution in [2.75, 3.05) is 12.5 Å². The van der Waals surface area contributed by atoms with Gasteiger partial charge in [-0.25, -0.2) is 4.79 Å². The zero-order valence-corrected chi connectivity index (χ0v) is 8.61. The van der Waals surface area contributed by atoms with Crippen molar-refractivity contribution >= 4 is 28.9 Å². The van der Waals surface area contributed by atoms with Crippen molar-refractivity contribution in [1.82, 2.24) is 0 Å². The molecule has 0 radical (unpaired) electrons. The van der Waals surface area contributed by atoms with Gasteiger partial charge in [0, 0.05) is 0 Å². The number of aromatic carboxylic acids is 1. The van der Waals surface area contributed by atoms with Gasteiger partial charge in [0.2, 0.25) is 0 Å². The second-order valence-corrected chi connectivity index (χ2v) is 3.81. The second kappa shape index (κ2) is 4.48. The van der Waals surface area contributed by atoms with E-state index < -0.39 is 5.97 Å². The first-order valence-electron chi connectivity index (χ1n) is 3.67. The molecule has 1 aromatic rings. The molecule has 3 nitrogen and oxygen atoms in total. The minimum absolute atomic E-state index is 0.324. The number of carboxylic acids is 1. The molecule has 0 spiro atoms. The molecular formula is C8H9ClO3S. The lowest BCUT2D eigenvalue weighted by atomic mass is 10.3. The van der Waals surface area contributed by atoms with E-state index in [0.29, 0.717) is 22.4 Å². The van der Waals surface area contributed by atoms with Gasteiger partial charge in [0.05, 0.1) is 5.88 Å². The molecule has 1 rings (SSSR count). The fourth-order valence-electron chi connectivity index (χ4n) is 0.875. The molecule has 1 heterocycles. The van der Waals surface area contributed by atoms with Crippen LogP contribution in [0, 0.1) is 6.92 Å². The molecule has 0 bridgehead atoms. The first-order chi connectivity index (χ1) is 6.15. The Labute approximate surface area is 84.9 Å². The molecule has 13 heavy (non-hydrogen) atoms. The maximum absolute atomic E-state index is 10.6. The average molecular weight is 221 g/mol. The summed E-state index contributed by atoms with van der Waals surface area (Å²) in [6.07, 6.45) is 0. The largest absolute Gasteiger partial charge is 0.483 e. The normalized spacial score (nSPS) is 10.0. The lowest BCUT2D eigenvalue weighted by molar-refractivity contribution is 0.0701. The van der Waals surface area contributed by atoms with Gasteiger partial charge >= 0.3 is 5.97 Å². The van der Waals surface area contributed by atoms with E-state index in [9.17, 15) is 4.79 Å². The monoisotopic (exact) mass is 220 g/mol. The molecule has 0 atom stereocenters. The zero-order chi connectivity index (χ0) is 9.84. The van der Waals surface area contributed by atoms with Crippen LogP contribution in [-0.2, 0) is 0 Å². The van der Waals surface area contributed by atoms with Crippen LogP contribution in [0.3, 0.4) is 0 Å². The number of halogens is 1. The van der Waals surface area contributed by atoms with Gasteiger partial charge in [0.25, 0.3) is 0 Å². The quantitative estimate of drug-likeness (QED) is 0.793. The minimum Gasteiger partial charge on any atom is -0.483 e. The SMILES string of the molecule is Cc1cc(OCCCl)sc1C(=O)O. The molecule has 0 saturated carbocycles. The fraction of sp³-hybridized carbons (Fsp3) is 0.375. The topological polar surface area (TPSA) is 46.5 Å². The highest BCUT2D eigenvalue weighted by atomic mass is 35.5. The predicted molar refractivity (Wildman–Crippen MR) is 52.2 cm³/mol. The summed E-state index contributed by atoms with van der Waals surface area (Å²) in [5.74, 6) is -0.512. The van der Waals surface area contributed by atoms with Gasteiger partial charge in [0.15, 0.2) is 5.06 Å². The molecule has 0 amide bonds. The summed E-state index contributed by atoms with van der Waals surface area (Å²) in [5.41, 5.74) is 0.724. The molecule has 1 N–H and O–H groups in total. The third kappa shape index (κ3) is 2.60. The molecule has 0 aliphatic carbocycles. The highest BCUT2D eigenvalue weighted by Crippen LogP contribution is 2.28. The van der Waals surface area contributed by atoms with Gasteiger partial charge in [-0.05, 0) is 18.6 Å². The summed E-state index contributed by atoms with van der Waals surface area (Å²) in [7, 11) is 0. The van der Waals surface area contributed by atoms with Gasteiger partial charge < -0.3 is 9.84 Å². The smallest absolute Gasteiger partial charge is 0.346 e. The van der Waals surface area contributed by atoms with Crippen LogP contribution in [0.1, 0.15) is 15.2 Å². The molecule has 72 valence electrons. The average Bonchev–Trinajstić information content (AvgIpc) is 2.43. The van der Waals surface area contributed by atoms with Crippen LogP contribution in [0.4, 0.5) is 0 Å². The first-order valence-corrected chi connectivity index (χ1v) is 5.02. The van der Waals surface area contributed by atoms with Gasteiger partial charge in [-0.2, -0.15) is 0 Å². The van der Waals surface area contributed by atoms with Crippen LogP contribution in [0.5, 0.6) is 5.06 Å². The van der Waals surface area contributed by atoms with E-state index in [1.165, 1.54) is 0 Å². The molecule has 0 saturated heterocycles. The van der Waals surface area contributed by atoms with E-state index in [0.717, 1.165) is 16.9 Å². The number of hydrogen-bond acceptors (Lipinski definition) is 3. The van der Waals surface area contributed by atoms with Crippen molar-refractivity contribution in [3.8, 4) is 5.06 Å². The van der Waals surface area contributed by atoms with E-state index in [1.807, 2.05) is 0 Å². The molecule has 0 fully saturated rings. The van der Waals surface area contributed by atoms with Crippen molar-refractivity contribution in [2.24, 2.45) is 0 Å². The Kier molecular flexibility index (Phi) is 3.57. The Balaban J connectivity index is 2.76. The Morgan fingerprint density at radius 1 is 1.77 bits per heavy atom. The first kappa shape index (κ1) is 10.3. The van der Waals surface area contributed by atoms with E-state index in [-0.39, 0.29) is 0 Å². The molecule has 0 unspecified atom stereocenters. The maximum Gasteiger partial charge on any atom is 0.346 e. The van der Waals surface area contributed by atoms with Crippen molar-refractivity contribution in [2.45, 2.75) is 6.92 Å². The van der Waals surface area contributed by atoms with Crippen molar-refractivity contribution in [3.05, 3.63) is 16.5 Å². The summed E-state index contributed by atoms with van der Waals surface area (Å²) in [6.45, 7) is 2.15. The van der Waals surface area contributed by atoms with Gasteiger partial charge in [-0.15, -0.1) is 11.6 Å². The standard InChI is InChI=1S/C8H9ClO3S/c1-5-4-6(12-3-2-9)13-7(5)8(10)11/h4H,2-3H2,1H3,(H,10,11). The Morgan fingerprint density at radius 2 is 2.46 bits per heavy atom. The number of alkyl halides is 1. The highest BCUT2D eigenvalue weighted by molar-refractivity contribution is 7.15. The number of ether oxygens (including phenoxy) is 1. The van der Waals surface area contributed by atoms with Crippen molar-refractivity contribution in [1.29, 1.82) is 0 Å². The summed E-state index contributed by atoms with van der Waals surface area (Å²) >= 11 is 6.55. The van der Waals surface area contributed by atoms with Gasteiger partial charge in [0.1, 0.15) is 11.5 Å². The second-order valence-electron chi connectivity index (χ2n) is 2.42. The van der Waals surface area contributed by atoms with Gasteiger partial charge in [-0.1, -0.05) is 11.3 Å².